The summed E-state index contributed by atoms with van der Waals surface area (Å²) in [6.07, 6.45) is 0. The van der Waals surface area contributed by atoms with Crippen molar-refractivity contribution in [3.05, 3.63) is 193 Å². The maximum absolute atomic E-state index is 6.79. The fourth-order valence-electron chi connectivity index (χ4n) is 8.72. The van der Waals surface area contributed by atoms with Gasteiger partial charge in [-0.2, -0.15) is 0 Å². The number of para-hydroxylation sites is 2. The summed E-state index contributed by atoms with van der Waals surface area (Å²) in [6.45, 7) is 4.69. The average molecular weight is 737 g/mol. The first-order chi connectivity index (χ1) is 27.5. The second-order valence-electron chi connectivity index (χ2n) is 15.2. The van der Waals surface area contributed by atoms with Crippen LogP contribution in [0.25, 0.3) is 76.1 Å². The van der Waals surface area contributed by atoms with Gasteiger partial charge in [-0.05, 0) is 75.8 Å². The van der Waals surface area contributed by atoms with Crippen LogP contribution in [0.15, 0.2) is 186 Å². The Morgan fingerprint density at radius 2 is 1.02 bits per heavy atom. The number of hydrogen-bond acceptors (Lipinski definition) is 4. The summed E-state index contributed by atoms with van der Waals surface area (Å²) in [5.41, 5.74) is 16.9. The molecule has 0 spiro atoms. The summed E-state index contributed by atoms with van der Waals surface area (Å²) in [5.74, 6) is 0. The molecule has 0 amide bonds. The smallest absolute Gasteiger partial charge is 0.143 e. The highest BCUT2D eigenvalue weighted by Gasteiger charge is 2.35. The van der Waals surface area contributed by atoms with E-state index in [9.17, 15) is 0 Å². The van der Waals surface area contributed by atoms with Gasteiger partial charge in [-0.15, -0.1) is 11.3 Å². The van der Waals surface area contributed by atoms with E-state index in [4.69, 9.17) is 9.40 Å². The van der Waals surface area contributed by atoms with E-state index >= 15 is 0 Å². The van der Waals surface area contributed by atoms with Crippen LogP contribution in [-0.2, 0) is 5.41 Å². The Balaban J connectivity index is 1.04. The zero-order chi connectivity index (χ0) is 37.4. The molecule has 11 rings (SSSR count). The van der Waals surface area contributed by atoms with Gasteiger partial charge in [-0.1, -0.05) is 153 Å². The zero-order valence-electron chi connectivity index (χ0n) is 31.0. The normalized spacial score (nSPS) is 13.0. The molecule has 0 saturated carbocycles. The molecule has 4 heteroatoms. The van der Waals surface area contributed by atoms with Crippen molar-refractivity contribution >= 4 is 60.6 Å². The molecule has 0 atom stereocenters. The Bertz CT molecular complexity index is 3100. The minimum Gasteiger partial charge on any atom is -0.455 e. The number of anilines is 3. The quantitative estimate of drug-likeness (QED) is 0.170. The third kappa shape index (κ3) is 5.14. The van der Waals surface area contributed by atoms with Gasteiger partial charge in [0.2, 0.25) is 0 Å². The predicted molar refractivity (Wildman–Crippen MR) is 235 cm³/mol. The van der Waals surface area contributed by atoms with Crippen LogP contribution in [0.5, 0.6) is 0 Å². The van der Waals surface area contributed by atoms with Gasteiger partial charge in [0.1, 0.15) is 16.2 Å². The van der Waals surface area contributed by atoms with E-state index in [1.165, 1.54) is 22.3 Å². The molecule has 2 aromatic heterocycles. The van der Waals surface area contributed by atoms with E-state index < -0.39 is 0 Å². The van der Waals surface area contributed by atoms with Gasteiger partial charge in [0.25, 0.3) is 0 Å². The first-order valence-electron chi connectivity index (χ1n) is 19.1. The molecule has 0 bridgehead atoms. The highest BCUT2D eigenvalue weighted by molar-refractivity contribution is 7.21. The predicted octanol–water partition coefficient (Wildman–Crippen LogP) is 15.0. The van der Waals surface area contributed by atoms with Crippen molar-refractivity contribution in [3.8, 4) is 44.0 Å². The summed E-state index contributed by atoms with van der Waals surface area (Å²) in [4.78, 5) is 7.40. The van der Waals surface area contributed by atoms with E-state index in [1.54, 1.807) is 11.3 Å². The molecule has 2 heterocycles. The van der Waals surface area contributed by atoms with Crippen LogP contribution in [-0.4, -0.2) is 4.98 Å². The Kier molecular flexibility index (Phi) is 7.38. The third-order valence-electron chi connectivity index (χ3n) is 11.5. The molecule has 0 unspecified atom stereocenters. The molecule has 0 fully saturated rings. The fourth-order valence-corrected chi connectivity index (χ4v) is 9.72. The van der Waals surface area contributed by atoms with Crippen molar-refractivity contribution in [2.75, 3.05) is 4.90 Å². The van der Waals surface area contributed by atoms with Crippen molar-refractivity contribution in [3.63, 3.8) is 0 Å². The van der Waals surface area contributed by atoms with Gasteiger partial charge in [0.05, 0.1) is 10.2 Å². The molecule has 1 aliphatic carbocycles. The summed E-state index contributed by atoms with van der Waals surface area (Å²) < 4.78 is 7.94. The minimum atomic E-state index is -0.116. The van der Waals surface area contributed by atoms with Crippen molar-refractivity contribution in [1.29, 1.82) is 0 Å². The van der Waals surface area contributed by atoms with Crippen LogP contribution in [0.3, 0.4) is 0 Å². The first-order valence-corrected chi connectivity index (χ1v) is 19.9. The summed E-state index contributed by atoms with van der Waals surface area (Å²) >= 11 is 1.74. The summed E-state index contributed by atoms with van der Waals surface area (Å²) in [7, 11) is 0. The Hall–Kier alpha value is -6.75. The summed E-state index contributed by atoms with van der Waals surface area (Å²) in [5, 5.41) is 3.28. The van der Waals surface area contributed by atoms with Crippen LogP contribution >= 0.6 is 11.3 Å². The number of benzene rings is 8. The maximum atomic E-state index is 6.79. The molecule has 0 aliphatic heterocycles. The first kappa shape index (κ1) is 32.7. The van der Waals surface area contributed by atoms with Gasteiger partial charge in [-0.3, -0.25) is 0 Å². The number of aromatic nitrogens is 1. The zero-order valence-corrected chi connectivity index (χ0v) is 31.8. The number of hydrogen-bond donors (Lipinski definition) is 0. The highest BCUT2D eigenvalue weighted by atomic mass is 32.1. The van der Waals surface area contributed by atoms with Gasteiger partial charge in [-0.25, -0.2) is 4.98 Å². The SMILES string of the molecule is CC1(C)c2ccccc2-c2ccc(N(c3ccc(-c4cccc5c4oc4c(-c6ccccc6)cccc45)cc3)c3ccc4nc(-c5ccccc5)sc4c3)cc21. The number of nitrogens with zero attached hydrogens (tertiary/aromatic N) is 2. The molecule has 0 saturated heterocycles. The van der Waals surface area contributed by atoms with Crippen molar-refractivity contribution in [1.82, 2.24) is 4.98 Å². The monoisotopic (exact) mass is 736 g/mol. The molecule has 8 aromatic carbocycles. The second kappa shape index (κ2) is 12.7. The van der Waals surface area contributed by atoms with E-state index in [2.05, 4.69) is 195 Å². The Morgan fingerprint density at radius 1 is 0.464 bits per heavy atom. The number of fused-ring (bicyclic) bond motifs is 7. The van der Waals surface area contributed by atoms with Crippen molar-refractivity contribution < 1.29 is 4.42 Å². The Labute approximate surface area is 329 Å². The van der Waals surface area contributed by atoms with E-state index in [0.717, 1.165) is 82.0 Å². The van der Waals surface area contributed by atoms with Gasteiger partial charge < -0.3 is 9.32 Å². The molecular formula is C52H36N2OS. The molecular weight excluding hydrogens is 701 g/mol. The topological polar surface area (TPSA) is 29.3 Å². The van der Waals surface area contributed by atoms with E-state index in [-0.39, 0.29) is 5.41 Å². The van der Waals surface area contributed by atoms with Crippen LogP contribution in [0.2, 0.25) is 0 Å². The van der Waals surface area contributed by atoms with Crippen molar-refractivity contribution in [2.45, 2.75) is 19.3 Å². The number of thiazole rings is 1. The van der Waals surface area contributed by atoms with E-state index in [1.807, 2.05) is 6.07 Å². The average Bonchev–Trinajstić information content (AvgIpc) is 3.92. The second-order valence-corrected chi connectivity index (χ2v) is 16.2. The molecule has 0 radical (unpaired) electrons. The molecule has 1 aliphatic rings. The van der Waals surface area contributed by atoms with Crippen LogP contribution < -0.4 is 4.90 Å². The van der Waals surface area contributed by atoms with Gasteiger partial charge in [0, 0.05) is 49.9 Å². The number of furan rings is 1. The van der Waals surface area contributed by atoms with Gasteiger partial charge >= 0.3 is 0 Å². The van der Waals surface area contributed by atoms with Crippen LogP contribution in [0, 0.1) is 0 Å². The molecule has 56 heavy (non-hydrogen) atoms. The lowest BCUT2D eigenvalue weighted by atomic mass is 9.82. The van der Waals surface area contributed by atoms with Gasteiger partial charge in [0.15, 0.2) is 0 Å². The standard InChI is InChI=1S/C52H36N2OS/c1-52(2)45-22-10-9-17-41(45)42-29-27-37(31-46(42)52)54(38-28-30-47-48(32-38)56-51(53-47)35-15-7-4-8-16-35)36-25-23-34(24-26-36)40-19-12-21-44-43-20-11-18-39(49(43)55-50(40)44)33-13-5-3-6-14-33/h3-32H,1-2H3. The highest BCUT2D eigenvalue weighted by Crippen LogP contribution is 2.51. The maximum Gasteiger partial charge on any atom is 0.143 e. The van der Waals surface area contributed by atoms with Crippen LogP contribution in [0.4, 0.5) is 17.1 Å². The van der Waals surface area contributed by atoms with Crippen LogP contribution in [0.1, 0.15) is 25.0 Å². The molecule has 10 aromatic rings. The summed E-state index contributed by atoms with van der Waals surface area (Å²) in [6, 6.07) is 65.3. The molecule has 3 nitrogen and oxygen atoms in total. The molecule has 0 N–H and O–H groups in total. The lowest BCUT2D eigenvalue weighted by Crippen LogP contribution is -2.16. The fraction of sp³-hybridized carbons (Fsp3) is 0.0577. The number of rotatable bonds is 6. The largest absolute Gasteiger partial charge is 0.455 e. The minimum absolute atomic E-state index is 0.116. The lowest BCUT2D eigenvalue weighted by molar-refractivity contribution is 0.660. The Morgan fingerprint density at radius 3 is 1.73 bits per heavy atom. The lowest BCUT2D eigenvalue weighted by Gasteiger charge is -2.28. The third-order valence-corrected chi connectivity index (χ3v) is 12.6. The molecule has 266 valence electrons. The van der Waals surface area contributed by atoms with Crippen molar-refractivity contribution in [2.24, 2.45) is 0 Å². The van der Waals surface area contributed by atoms with E-state index in [0.29, 0.717) is 0 Å².